The Labute approximate surface area is 155 Å². The van der Waals surface area contributed by atoms with Gasteiger partial charge >= 0.3 is 0 Å². The second-order valence-corrected chi connectivity index (χ2v) is 7.69. The number of aromatic nitrogens is 2. The monoisotopic (exact) mass is 352 g/mol. The molecule has 0 unspecified atom stereocenters. The molecule has 4 rings (SSSR count). The molecule has 2 aliphatic rings. The van der Waals surface area contributed by atoms with Crippen LogP contribution in [-0.2, 0) is 12.8 Å². The summed E-state index contributed by atoms with van der Waals surface area (Å²) in [5.41, 5.74) is 3.59. The lowest BCUT2D eigenvalue weighted by Crippen LogP contribution is -2.40. The van der Waals surface area contributed by atoms with Gasteiger partial charge in [-0.3, -0.25) is 9.48 Å². The van der Waals surface area contributed by atoms with E-state index in [0.29, 0.717) is 11.7 Å². The Kier molecular flexibility index (Phi) is 5.07. The number of hydrogen-bond donors (Lipinski definition) is 1. The summed E-state index contributed by atoms with van der Waals surface area (Å²) in [4.78, 5) is 14.3. The zero-order valence-corrected chi connectivity index (χ0v) is 15.5. The molecule has 1 fully saturated rings. The molecule has 2 atom stereocenters. The zero-order chi connectivity index (χ0) is 17.9. The summed E-state index contributed by atoms with van der Waals surface area (Å²) in [5.74, 6) is 0.639. The van der Waals surface area contributed by atoms with Crippen molar-refractivity contribution < 1.29 is 4.79 Å². The average Bonchev–Trinajstić information content (AvgIpc) is 3.18. The molecule has 0 radical (unpaired) electrons. The quantitative estimate of drug-likeness (QED) is 0.920. The van der Waals surface area contributed by atoms with Crippen LogP contribution in [0.2, 0.25) is 0 Å². The van der Waals surface area contributed by atoms with Gasteiger partial charge in [0.1, 0.15) is 5.69 Å². The maximum Gasteiger partial charge on any atom is 0.271 e. The molecule has 1 aromatic heterocycles. The minimum absolute atomic E-state index is 0.114. The van der Waals surface area contributed by atoms with Crippen molar-refractivity contribution in [3.05, 3.63) is 53.3 Å². The number of likely N-dealkylation sites (tertiary alicyclic amines) is 1. The van der Waals surface area contributed by atoms with Crippen LogP contribution in [0.15, 0.2) is 36.5 Å². The fourth-order valence-corrected chi connectivity index (χ4v) is 4.50. The molecule has 1 amide bonds. The summed E-state index contributed by atoms with van der Waals surface area (Å²) < 4.78 is 1.99. The third kappa shape index (κ3) is 3.68. The number of benzene rings is 1. The number of rotatable bonds is 4. The normalized spacial score (nSPS) is 23.4. The van der Waals surface area contributed by atoms with Crippen LogP contribution in [0.5, 0.6) is 0 Å². The summed E-state index contributed by atoms with van der Waals surface area (Å²) in [5, 5.41) is 7.14. The highest BCUT2D eigenvalue weighted by Crippen LogP contribution is 2.28. The highest BCUT2D eigenvalue weighted by atomic mass is 16.1. The number of nitrogens with zero attached hydrogens (tertiary/aromatic N) is 3. The minimum Gasteiger partial charge on any atom is -0.354 e. The Hall–Kier alpha value is -2.14. The van der Waals surface area contributed by atoms with E-state index in [-0.39, 0.29) is 5.91 Å². The van der Waals surface area contributed by atoms with Gasteiger partial charge < -0.3 is 10.2 Å². The molecule has 0 saturated carbocycles. The maximum atomic E-state index is 11.7. The highest BCUT2D eigenvalue weighted by Gasteiger charge is 2.26. The van der Waals surface area contributed by atoms with E-state index in [2.05, 4.69) is 39.6 Å². The summed E-state index contributed by atoms with van der Waals surface area (Å²) >= 11 is 0. The van der Waals surface area contributed by atoms with E-state index in [1.54, 1.807) is 18.2 Å². The molecule has 0 bridgehead atoms. The molecule has 138 valence electrons. The molecule has 1 N–H and O–H groups in total. The van der Waals surface area contributed by atoms with E-state index < -0.39 is 0 Å². The fraction of sp³-hybridized carbons (Fsp3) is 0.524. The lowest BCUT2D eigenvalue weighted by atomic mass is 9.83. The van der Waals surface area contributed by atoms with Gasteiger partial charge in [-0.1, -0.05) is 24.3 Å². The van der Waals surface area contributed by atoms with E-state index in [1.807, 2.05) is 16.9 Å². The van der Waals surface area contributed by atoms with Crippen LogP contribution in [0.4, 0.5) is 0 Å². The lowest BCUT2D eigenvalue weighted by molar-refractivity contribution is 0.0955. The van der Waals surface area contributed by atoms with Gasteiger partial charge in [-0.2, -0.15) is 5.10 Å². The van der Waals surface area contributed by atoms with Crippen LogP contribution in [0.1, 0.15) is 46.9 Å². The number of piperidine rings is 1. The predicted molar refractivity (Wildman–Crippen MR) is 102 cm³/mol. The van der Waals surface area contributed by atoms with Crippen LogP contribution in [0, 0.1) is 5.92 Å². The van der Waals surface area contributed by atoms with Crippen LogP contribution in [0.3, 0.4) is 0 Å². The Balaban J connectivity index is 1.37. The van der Waals surface area contributed by atoms with E-state index >= 15 is 0 Å². The molecule has 1 saturated heterocycles. The first-order chi connectivity index (χ1) is 12.7. The number of hydrogen-bond acceptors (Lipinski definition) is 3. The van der Waals surface area contributed by atoms with Gasteiger partial charge in [0.25, 0.3) is 5.91 Å². The van der Waals surface area contributed by atoms with Gasteiger partial charge in [0.05, 0.1) is 6.04 Å². The van der Waals surface area contributed by atoms with Crippen LogP contribution in [0.25, 0.3) is 0 Å². The second kappa shape index (κ2) is 7.62. The third-order valence-corrected chi connectivity index (χ3v) is 5.89. The fourth-order valence-electron chi connectivity index (χ4n) is 4.50. The molecule has 1 aliphatic heterocycles. The van der Waals surface area contributed by atoms with E-state index in [4.69, 9.17) is 0 Å². The molecule has 1 aliphatic carbocycles. The first-order valence-corrected chi connectivity index (χ1v) is 9.79. The van der Waals surface area contributed by atoms with Crippen molar-refractivity contribution in [2.45, 2.75) is 38.1 Å². The van der Waals surface area contributed by atoms with Gasteiger partial charge in [-0.05, 0) is 61.8 Å². The topological polar surface area (TPSA) is 50.2 Å². The summed E-state index contributed by atoms with van der Waals surface area (Å²) in [6.07, 6.45) is 8.01. The van der Waals surface area contributed by atoms with Crippen LogP contribution < -0.4 is 5.32 Å². The Morgan fingerprint density at radius 3 is 2.92 bits per heavy atom. The number of fused-ring (bicyclic) bond motifs is 1. The van der Waals surface area contributed by atoms with Crippen molar-refractivity contribution in [2.75, 3.05) is 26.7 Å². The zero-order valence-electron chi connectivity index (χ0n) is 15.5. The van der Waals surface area contributed by atoms with Gasteiger partial charge in [-0.25, -0.2) is 0 Å². The number of aryl methyl sites for hydroxylation is 1. The molecule has 2 heterocycles. The first kappa shape index (κ1) is 17.3. The molecule has 5 nitrogen and oxygen atoms in total. The SMILES string of the molecule is CNC(=O)c1ccn([C@@H]2CCCN(C[C@H]3CCc4ccccc4C3)C2)n1. The summed E-state index contributed by atoms with van der Waals surface area (Å²) in [6.45, 7) is 3.39. The number of carbonyl (C=O) groups excluding carboxylic acids is 1. The number of amides is 1. The standard InChI is InChI=1S/C21H28N4O/c1-22-21(26)20-10-12-25(23-20)19-7-4-11-24(15-19)14-16-8-9-17-5-2-3-6-18(17)13-16/h2-3,5-6,10,12,16,19H,4,7-9,11,13-15H2,1H3,(H,22,26)/t16-,19+/m0/s1. The van der Waals surface area contributed by atoms with Gasteiger partial charge in [0, 0.05) is 26.3 Å². The third-order valence-electron chi connectivity index (χ3n) is 5.89. The molecular weight excluding hydrogens is 324 g/mol. The van der Waals surface area contributed by atoms with E-state index in [1.165, 1.54) is 38.8 Å². The van der Waals surface area contributed by atoms with Crippen molar-refractivity contribution >= 4 is 5.91 Å². The predicted octanol–water partition coefficient (Wildman–Crippen LogP) is 2.68. The summed E-state index contributed by atoms with van der Waals surface area (Å²) in [7, 11) is 1.64. The molecule has 5 heteroatoms. The molecule has 26 heavy (non-hydrogen) atoms. The largest absolute Gasteiger partial charge is 0.354 e. The highest BCUT2D eigenvalue weighted by molar-refractivity contribution is 5.91. The Bertz CT molecular complexity index is 769. The molecular formula is C21H28N4O. The van der Waals surface area contributed by atoms with E-state index in [0.717, 1.165) is 18.9 Å². The number of nitrogens with one attached hydrogen (secondary N) is 1. The van der Waals surface area contributed by atoms with Crippen molar-refractivity contribution in [3.63, 3.8) is 0 Å². The van der Waals surface area contributed by atoms with Crippen molar-refractivity contribution in [1.82, 2.24) is 20.0 Å². The molecule has 2 aromatic rings. The maximum absolute atomic E-state index is 11.7. The van der Waals surface area contributed by atoms with Crippen molar-refractivity contribution in [2.24, 2.45) is 5.92 Å². The number of carbonyl (C=O) groups is 1. The molecule has 1 aromatic carbocycles. The Morgan fingerprint density at radius 2 is 2.08 bits per heavy atom. The lowest BCUT2D eigenvalue weighted by Gasteiger charge is -2.36. The molecule has 0 spiro atoms. The van der Waals surface area contributed by atoms with Crippen molar-refractivity contribution in [1.29, 1.82) is 0 Å². The van der Waals surface area contributed by atoms with Crippen LogP contribution >= 0.6 is 0 Å². The van der Waals surface area contributed by atoms with Gasteiger partial charge in [-0.15, -0.1) is 0 Å². The minimum atomic E-state index is -0.114. The smallest absolute Gasteiger partial charge is 0.271 e. The van der Waals surface area contributed by atoms with Crippen LogP contribution in [-0.4, -0.2) is 47.3 Å². The average molecular weight is 352 g/mol. The van der Waals surface area contributed by atoms with Crippen molar-refractivity contribution in [3.8, 4) is 0 Å². The van der Waals surface area contributed by atoms with E-state index in [9.17, 15) is 4.79 Å². The van der Waals surface area contributed by atoms with Gasteiger partial charge in [0.2, 0.25) is 0 Å². The first-order valence-electron chi connectivity index (χ1n) is 9.79. The van der Waals surface area contributed by atoms with Gasteiger partial charge in [0.15, 0.2) is 0 Å². The second-order valence-electron chi connectivity index (χ2n) is 7.69. The summed E-state index contributed by atoms with van der Waals surface area (Å²) in [6, 6.07) is 11.1. The Morgan fingerprint density at radius 1 is 1.23 bits per heavy atom.